The van der Waals surface area contributed by atoms with Crippen molar-refractivity contribution in [2.75, 3.05) is 38.5 Å². The van der Waals surface area contributed by atoms with E-state index in [1.807, 2.05) is 6.20 Å². The predicted octanol–water partition coefficient (Wildman–Crippen LogP) is 4.32. The first-order valence-electron chi connectivity index (χ1n) is 14.2. The number of aliphatic hydroxyl groups excluding tert-OH is 1. The van der Waals surface area contributed by atoms with Crippen molar-refractivity contribution in [3.63, 3.8) is 0 Å². The Morgan fingerprint density at radius 2 is 1.73 bits per heavy atom. The summed E-state index contributed by atoms with van der Waals surface area (Å²) >= 11 is 0. The molecule has 3 heterocycles. The Morgan fingerprint density at radius 1 is 1.00 bits per heavy atom. The Balaban J connectivity index is 1.28. The third-order valence-corrected chi connectivity index (χ3v) is 8.90. The molecule has 3 fully saturated rings. The minimum Gasteiger partial charge on any atom is -0.393 e. The van der Waals surface area contributed by atoms with Gasteiger partial charge in [0.05, 0.1) is 17.5 Å². The average Bonchev–Trinajstić information content (AvgIpc) is 3.24. The molecular weight excluding hydrogens is 462 g/mol. The molecule has 1 aromatic carbocycles. The zero-order valence-corrected chi connectivity index (χ0v) is 22.3. The highest BCUT2D eigenvalue weighted by atomic mass is 16.3. The summed E-state index contributed by atoms with van der Waals surface area (Å²) in [6, 6.07) is 9.52. The average molecular weight is 504 g/mol. The van der Waals surface area contributed by atoms with Gasteiger partial charge in [-0.1, -0.05) is 30.7 Å². The summed E-state index contributed by atoms with van der Waals surface area (Å²) in [5.74, 6) is 1.40. The Morgan fingerprint density at radius 3 is 2.41 bits per heavy atom. The van der Waals surface area contributed by atoms with Crippen LogP contribution in [0, 0.1) is 5.92 Å². The van der Waals surface area contributed by atoms with Crippen molar-refractivity contribution in [3.05, 3.63) is 36.0 Å². The lowest BCUT2D eigenvalue weighted by atomic mass is 9.80. The highest BCUT2D eigenvalue weighted by Crippen LogP contribution is 2.35. The number of anilines is 1. The van der Waals surface area contributed by atoms with E-state index in [2.05, 4.69) is 58.0 Å². The molecule has 0 radical (unpaired) electrons. The first-order valence-corrected chi connectivity index (χ1v) is 14.2. The van der Waals surface area contributed by atoms with Gasteiger partial charge in [-0.05, 0) is 64.0 Å². The maximum absolute atomic E-state index is 10.1. The molecule has 8 heteroatoms. The van der Waals surface area contributed by atoms with Gasteiger partial charge in [-0.2, -0.15) is 10.1 Å². The summed E-state index contributed by atoms with van der Waals surface area (Å²) in [6.45, 7) is 7.75. The lowest BCUT2D eigenvalue weighted by Gasteiger charge is -2.32. The number of aliphatic hydroxyl groups is 1. The number of hydrogen-bond donors (Lipinski definition) is 2. The Labute approximate surface area is 220 Å². The summed E-state index contributed by atoms with van der Waals surface area (Å²) in [5, 5.41) is 19.8. The SMILES string of the molecule is CC(Nc1ncc2c(-c3ccc(CN4CCN(C)CC4)cc3)nn(C3CCC(O)CC3)c2n1)C1CCC1. The fourth-order valence-corrected chi connectivity index (χ4v) is 6.06. The first-order chi connectivity index (χ1) is 18.0. The Hall–Kier alpha value is -2.55. The van der Waals surface area contributed by atoms with Gasteiger partial charge in [0.2, 0.25) is 5.95 Å². The van der Waals surface area contributed by atoms with Crippen LogP contribution >= 0.6 is 0 Å². The van der Waals surface area contributed by atoms with Crippen molar-refractivity contribution >= 4 is 17.0 Å². The Kier molecular flexibility index (Phi) is 7.14. The topological polar surface area (TPSA) is 82.3 Å². The number of fused-ring (bicyclic) bond motifs is 1. The lowest BCUT2D eigenvalue weighted by molar-refractivity contribution is 0.109. The van der Waals surface area contributed by atoms with E-state index in [1.54, 1.807) is 0 Å². The summed E-state index contributed by atoms with van der Waals surface area (Å²) < 4.78 is 2.12. The van der Waals surface area contributed by atoms with E-state index in [1.165, 1.54) is 24.8 Å². The summed E-state index contributed by atoms with van der Waals surface area (Å²) in [7, 11) is 2.20. The van der Waals surface area contributed by atoms with Crippen LogP contribution < -0.4 is 5.32 Å². The fourth-order valence-electron chi connectivity index (χ4n) is 6.06. The first kappa shape index (κ1) is 24.8. The number of likely N-dealkylation sites (N-methyl/N-ethyl adjacent to an activating group) is 1. The van der Waals surface area contributed by atoms with Crippen LogP contribution in [0.5, 0.6) is 0 Å². The molecule has 3 aliphatic rings. The predicted molar refractivity (Wildman–Crippen MR) is 147 cm³/mol. The normalized spacial score (nSPS) is 24.7. The zero-order valence-electron chi connectivity index (χ0n) is 22.3. The molecule has 2 aliphatic carbocycles. The van der Waals surface area contributed by atoms with Crippen molar-refractivity contribution in [2.45, 2.75) is 76.6 Å². The van der Waals surface area contributed by atoms with E-state index in [0.29, 0.717) is 17.9 Å². The van der Waals surface area contributed by atoms with Crippen LogP contribution in [0.1, 0.15) is 63.5 Å². The fraction of sp³-hybridized carbons (Fsp3) is 0.621. The number of hydrogen-bond acceptors (Lipinski definition) is 7. The third kappa shape index (κ3) is 5.38. The molecule has 1 aliphatic heterocycles. The number of piperazine rings is 1. The largest absolute Gasteiger partial charge is 0.393 e. The van der Waals surface area contributed by atoms with Crippen LogP contribution in [0.15, 0.2) is 30.5 Å². The number of nitrogens with one attached hydrogen (secondary N) is 1. The maximum Gasteiger partial charge on any atom is 0.224 e. The van der Waals surface area contributed by atoms with E-state index >= 15 is 0 Å². The van der Waals surface area contributed by atoms with Crippen LogP contribution in [0.4, 0.5) is 5.95 Å². The molecule has 6 rings (SSSR count). The lowest BCUT2D eigenvalue weighted by Crippen LogP contribution is -2.43. The van der Waals surface area contributed by atoms with Crippen LogP contribution in [0.25, 0.3) is 22.3 Å². The minimum atomic E-state index is -0.194. The van der Waals surface area contributed by atoms with Gasteiger partial charge < -0.3 is 15.3 Å². The molecule has 1 atom stereocenters. The second kappa shape index (κ2) is 10.7. The van der Waals surface area contributed by atoms with E-state index in [0.717, 1.165) is 80.7 Å². The van der Waals surface area contributed by atoms with Crippen LogP contribution in [-0.2, 0) is 6.54 Å². The van der Waals surface area contributed by atoms with Gasteiger partial charge in [-0.3, -0.25) is 4.90 Å². The molecule has 8 nitrogen and oxygen atoms in total. The van der Waals surface area contributed by atoms with Gasteiger partial charge in [0.25, 0.3) is 0 Å². The second-order valence-corrected chi connectivity index (χ2v) is 11.6. The van der Waals surface area contributed by atoms with Gasteiger partial charge in [-0.25, -0.2) is 9.67 Å². The van der Waals surface area contributed by atoms with Crippen molar-refractivity contribution in [1.82, 2.24) is 29.5 Å². The molecule has 2 N–H and O–H groups in total. The number of aromatic nitrogens is 4. The second-order valence-electron chi connectivity index (χ2n) is 11.6. The summed E-state index contributed by atoms with van der Waals surface area (Å²) in [6.07, 6.45) is 9.14. The van der Waals surface area contributed by atoms with Crippen LogP contribution in [0.2, 0.25) is 0 Å². The van der Waals surface area contributed by atoms with Crippen LogP contribution in [-0.4, -0.2) is 80.0 Å². The minimum absolute atomic E-state index is 0.194. The molecular formula is C29H41N7O. The Bertz CT molecular complexity index is 1190. The van der Waals surface area contributed by atoms with E-state index in [4.69, 9.17) is 15.1 Å². The molecule has 198 valence electrons. The van der Waals surface area contributed by atoms with E-state index in [9.17, 15) is 5.11 Å². The summed E-state index contributed by atoms with van der Waals surface area (Å²) in [5.41, 5.74) is 4.29. The van der Waals surface area contributed by atoms with Gasteiger partial charge in [-0.15, -0.1) is 0 Å². The van der Waals surface area contributed by atoms with Crippen molar-refractivity contribution in [3.8, 4) is 11.3 Å². The molecule has 2 saturated carbocycles. The summed E-state index contributed by atoms with van der Waals surface area (Å²) in [4.78, 5) is 14.6. The smallest absolute Gasteiger partial charge is 0.224 e. The van der Waals surface area contributed by atoms with E-state index < -0.39 is 0 Å². The van der Waals surface area contributed by atoms with Gasteiger partial charge in [0.15, 0.2) is 5.65 Å². The highest BCUT2D eigenvalue weighted by molar-refractivity contribution is 5.91. The third-order valence-electron chi connectivity index (χ3n) is 8.90. The quantitative estimate of drug-likeness (QED) is 0.497. The van der Waals surface area contributed by atoms with Gasteiger partial charge >= 0.3 is 0 Å². The van der Waals surface area contributed by atoms with Gasteiger partial charge in [0.1, 0.15) is 5.69 Å². The van der Waals surface area contributed by atoms with E-state index in [-0.39, 0.29) is 12.1 Å². The number of rotatable bonds is 7. The van der Waals surface area contributed by atoms with Crippen molar-refractivity contribution in [1.29, 1.82) is 0 Å². The highest BCUT2D eigenvalue weighted by Gasteiger charge is 2.27. The standard InChI is InChI=1S/C29H41N7O/c1-20(22-4-3-5-22)31-29-30-18-26-27(33-36(28(26)32-29)24-10-12-25(37)13-11-24)23-8-6-21(7-9-23)19-35-16-14-34(2)15-17-35/h6-9,18,20,22,24-25,37H,3-5,10-17,19H2,1-2H3,(H,30,31,32). The number of nitrogens with zero attached hydrogens (tertiary/aromatic N) is 6. The molecule has 2 aromatic heterocycles. The molecule has 3 aromatic rings. The van der Waals surface area contributed by atoms with Crippen molar-refractivity contribution < 1.29 is 5.11 Å². The molecule has 0 spiro atoms. The molecule has 0 amide bonds. The monoisotopic (exact) mass is 503 g/mol. The van der Waals surface area contributed by atoms with Crippen molar-refractivity contribution in [2.24, 2.45) is 5.92 Å². The molecule has 37 heavy (non-hydrogen) atoms. The maximum atomic E-state index is 10.1. The molecule has 1 saturated heterocycles. The zero-order chi connectivity index (χ0) is 25.4. The molecule has 1 unspecified atom stereocenters. The van der Waals surface area contributed by atoms with Gasteiger partial charge in [0, 0.05) is 50.5 Å². The van der Waals surface area contributed by atoms with Crippen LogP contribution in [0.3, 0.4) is 0 Å². The molecule has 0 bridgehead atoms. The number of benzene rings is 1.